The van der Waals surface area contributed by atoms with Gasteiger partial charge in [-0.3, -0.25) is 9.52 Å². The van der Waals surface area contributed by atoms with Gasteiger partial charge >= 0.3 is 0 Å². The smallest absolute Gasteiger partial charge is 0.254 e. The number of carbonyl (C=O) groups is 1. The Labute approximate surface area is 196 Å². The van der Waals surface area contributed by atoms with E-state index in [1.165, 1.54) is 0 Å². The van der Waals surface area contributed by atoms with E-state index in [1.54, 1.807) is 18.3 Å². The summed E-state index contributed by atoms with van der Waals surface area (Å²) >= 11 is -1.58. The molecule has 9 nitrogen and oxygen atoms in total. The Bertz CT molecular complexity index is 1070. The fraction of sp³-hybridized carbons (Fsp3) is 0.435. The average molecular weight is 471 g/mol. The van der Waals surface area contributed by atoms with E-state index in [0.717, 1.165) is 38.3 Å². The quantitative estimate of drug-likeness (QED) is 0.643. The SMILES string of the molecule is CCN(CC)c1cc(C(=O)N2CCCC(COc3cccc4c3C(N)=NS(=O)N4)C2)ccn1. The minimum Gasteiger partial charge on any atom is -0.492 e. The van der Waals surface area contributed by atoms with Gasteiger partial charge in [0.15, 0.2) is 0 Å². The molecule has 0 spiro atoms. The number of fused-ring (bicyclic) bond motifs is 1. The molecule has 1 fully saturated rings. The Hall–Kier alpha value is -3.14. The van der Waals surface area contributed by atoms with Crippen LogP contribution in [-0.4, -0.2) is 58.6 Å². The van der Waals surface area contributed by atoms with E-state index in [0.29, 0.717) is 35.7 Å². The second-order valence-corrected chi connectivity index (χ2v) is 9.04. The summed E-state index contributed by atoms with van der Waals surface area (Å²) in [5.41, 5.74) is 7.93. The number of amidine groups is 1. The van der Waals surface area contributed by atoms with Crippen molar-refractivity contribution in [2.45, 2.75) is 26.7 Å². The van der Waals surface area contributed by atoms with Crippen LogP contribution in [0.5, 0.6) is 5.75 Å². The highest BCUT2D eigenvalue weighted by molar-refractivity contribution is 7.85. The summed E-state index contributed by atoms with van der Waals surface area (Å²) in [6.45, 7) is 7.65. The molecule has 176 valence electrons. The van der Waals surface area contributed by atoms with Crippen LogP contribution in [0, 0.1) is 5.92 Å². The fourth-order valence-corrected chi connectivity index (χ4v) is 4.97. The van der Waals surface area contributed by atoms with Crippen molar-refractivity contribution in [3.8, 4) is 5.75 Å². The number of benzene rings is 1. The van der Waals surface area contributed by atoms with E-state index in [1.807, 2.05) is 23.1 Å². The van der Waals surface area contributed by atoms with E-state index < -0.39 is 11.2 Å². The lowest BCUT2D eigenvalue weighted by Crippen LogP contribution is -2.41. The van der Waals surface area contributed by atoms with E-state index >= 15 is 0 Å². The van der Waals surface area contributed by atoms with Crippen molar-refractivity contribution in [2.75, 3.05) is 42.4 Å². The predicted octanol–water partition coefficient (Wildman–Crippen LogP) is 2.57. The van der Waals surface area contributed by atoms with Crippen molar-refractivity contribution in [2.24, 2.45) is 16.0 Å². The lowest BCUT2D eigenvalue weighted by atomic mass is 9.98. The van der Waals surface area contributed by atoms with Crippen LogP contribution >= 0.6 is 0 Å². The fourth-order valence-electron chi connectivity index (χ4n) is 4.30. The predicted molar refractivity (Wildman–Crippen MR) is 131 cm³/mol. The monoisotopic (exact) mass is 470 g/mol. The number of amides is 1. The Balaban J connectivity index is 1.42. The molecule has 0 aliphatic carbocycles. The minimum atomic E-state index is -1.58. The van der Waals surface area contributed by atoms with Crippen LogP contribution in [0.25, 0.3) is 0 Å². The first-order valence-electron chi connectivity index (χ1n) is 11.3. The van der Waals surface area contributed by atoms with Crippen molar-refractivity contribution in [3.63, 3.8) is 0 Å². The largest absolute Gasteiger partial charge is 0.492 e. The van der Waals surface area contributed by atoms with Crippen LogP contribution in [0.3, 0.4) is 0 Å². The first-order valence-corrected chi connectivity index (χ1v) is 12.4. The Kier molecular flexibility index (Phi) is 7.12. The molecule has 2 aliphatic heterocycles. The van der Waals surface area contributed by atoms with Gasteiger partial charge in [-0.1, -0.05) is 6.07 Å². The normalized spacial score (nSPS) is 19.8. The topological polar surface area (TPSA) is 113 Å². The molecule has 1 saturated heterocycles. The van der Waals surface area contributed by atoms with E-state index in [2.05, 4.69) is 32.9 Å². The van der Waals surface area contributed by atoms with Gasteiger partial charge in [-0.25, -0.2) is 9.19 Å². The molecule has 0 saturated carbocycles. The van der Waals surface area contributed by atoms with Crippen LogP contribution in [0.1, 0.15) is 42.6 Å². The van der Waals surface area contributed by atoms with Crippen molar-refractivity contribution >= 4 is 34.4 Å². The molecule has 33 heavy (non-hydrogen) atoms. The van der Waals surface area contributed by atoms with Crippen LogP contribution in [0.15, 0.2) is 40.9 Å². The number of nitrogens with zero attached hydrogens (tertiary/aromatic N) is 4. The van der Waals surface area contributed by atoms with Gasteiger partial charge in [0.1, 0.15) is 17.4 Å². The zero-order valence-corrected chi connectivity index (χ0v) is 19.8. The molecule has 2 atom stereocenters. The molecule has 1 aromatic heterocycles. The maximum absolute atomic E-state index is 13.2. The van der Waals surface area contributed by atoms with E-state index in [9.17, 15) is 9.00 Å². The van der Waals surface area contributed by atoms with Gasteiger partial charge in [0.2, 0.25) is 11.2 Å². The third kappa shape index (κ3) is 5.11. The number of ether oxygens (including phenoxy) is 1. The second kappa shape index (κ2) is 10.2. The highest BCUT2D eigenvalue weighted by Crippen LogP contribution is 2.30. The Morgan fingerprint density at radius 3 is 2.94 bits per heavy atom. The lowest BCUT2D eigenvalue weighted by molar-refractivity contribution is 0.0633. The van der Waals surface area contributed by atoms with Crippen LogP contribution in [0.2, 0.25) is 0 Å². The third-order valence-electron chi connectivity index (χ3n) is 6.02. The van der Waals surface area contributed by atoms with E-state index in [-0.39, 0.29) is 17.7 Å². The zero-order chi connectivity index (χ0) is 23.4. The maximum atomic E-state index is 13.2. The summed E-state index contributed by atoms with van der Waals surface area (Å²) in [7, 11) is 0. The first-order chi connectivity index (χ1) is 16.0. The molecule has 2 aliphatic rings. The minimum absolute atomic E-state index is 0.0238. The maximum Gasteiger partial charge on any atom is 0.254 e. The van der Waals surface area contributed by atoms with Gasteiger partial charge in [-0.05, 0) is 51.0 Å². The zero-order valence-electron chi connectivity index (χ0n) is 19.0. The summed E-state index contributed by atoms with van der Waals surface area (Å²) in [5.74, 6) is 1.84. The van der Waals surface area contributed by atoms with Crippen molar-refractivity contribution < 1.29 is 13.7 Å². The number of likely N-dealkylation sites (tertiary alicyclic amines) is 1. The van der Waals surface area contributed by atoms with Gasteiger partial charge in [0.05, 0.1) is 17.9 Å². The molecule has 2 aromatic rings. The highest BCUT2D eigenvalue weighted by atomic mass is 32.2. The molecule has 4 rings (SSSR count). The summed E-state index contributed by atoms with van der Waals surface area (Å²) in [6, 6.07) is 9.11. The standard InChI is InChI=1S/C23H30N6O3S/c1-3-28(4-2)20-13-17(10-11-25-20)23(30)29-12-6-7-16(14-29)15-32-19-9-5-8-18-21(19)22(24)27-33(31)26-18/h5,8-11,13,16,26H,3-4,6-7,12,14-15H2,1-2H3,(H2,24,27). The number of carbonyl (C=O) groups excluding carboxylic acids is 1. The van der Waals surface area contributed by atoms with E-state index in [4.69, 9.17) is 10.5 Å². The molecule has 3 heterocycles. The van der Waals surface area contributed by atoms with Gasteiger partial charge in [-0.15, -0.1) is 0 Å². The highest BCUT2D eigenvalue weighted by Gasteiger charge is 2.27. The summed E-state index contributed by atoms with van der Waals surface area (Å²) < 4.78 is 24.5. The van der Waals surface area contributed by atoms with Crippen LogP contribution < -0.4 is 20.1 Å². The molecule has 1 amide bonds. The number of hydrogen-bond acceptors (Lipinski definition) is 6. The first kappa shape index (κ1) is 23.0. The van der Waals surface area contributed by atoms with Gasteiger partial charge in [0, 0.05) is 43.9 Å². The molecule has 0 bridgehead atoms. The van der Waals surface area contributed by atoms with Crippen molar-refractivity contribution in [1.29, 1.82) is 0 Å². The number of nitrogens with two attached hydrogens (primary N) is 1. The van der Waals surface area contributed by atoms with Gasteiger partial charge in [-0.2, -0.15) is 4.40 Å². The number of aromatic nitrogens is 1. The molecule has 2 unspecified atom stereocenters. The number of rotatable bonds is 7. The summed E-state index contributed by atoms with van der Waals surface area (Å²) in [4.78, 5) is 21.7. The second-order valence-electron chi connectivity index (χ2n) is 8.15. The number of pyridine rings is 1. The molecular weight excluding hydrogens is 440 g/mol. The summed E-state index contributed by atoms with van der Waals surface area (Å²) in [5, 5.41) is 0. The van der Waals surface area contributed by atoms with Gasteiger partial charge < -0.3 is 20.3 Å². The average Bonchev–Trinajstić information content (AvgIpc) is 2.83. The number of nitrogens with one attached hydrogen (secondary N) is 1. The van der Waals surface area contributed by atoms with Crippen LogP contribution in [-0.2, 0) is 11.2 Å². The molecule has 1 aromatic carbocycles. The summed E-state index contributed by atoms with van der Waals surface area (Å²) in [6.07, 6.45) is 3.60. The van der Waals surface area contributed by atoms with Crippen molar-refractivity contribution in [1.82, 2.24) is 9.88 Å². The van der Waals surface area contributed by atoms with Crippen molar-refractivity contribution in [3.05, 3.63) is 47.7 Å². The number of anilines is 2. The number of hydrogen-bond donors (Lipinski definition) is 2. The van der Waals surface area contributed by atoms with Gasteiger partial charge in [0.25, 0.3) is 5.91 Å². The van der Waals surface area contributed by atoms with Crippen LogP contribution in [0.4, 0.5) is 11.5 Å². The molecule has 3 N–H and O–H groups in total. The third-order valence-corrected chi connectivity index (χ3v) is 6.78. The Morgan fingerprint density at radius 1 is 1.33 bits per heavy atom. The molecular formula is C23H30N6O3S. The Morgan fingerprint density at radius 2 is 2.15 bits per heavy atom. The molecule has 0 radical (unpaired) electrons. The number of piperidine rings is 1. The molecule has 10 heteroatoms. The lowest BCUT2D eigenvalue weighted by Gasteiger charge is -2.33.